The van der Waals surface area contributed by atoms with E-state index in [4.69, 9.17) is 0 Å². The average molecular weight is 308 g/mol. The maximum absolute atomic E-state index is 3.74. The second-order valence-electron chi connectivity index (χ2n) is 6.13. The van der Waals surface area contributed by atoms with E-state index in [0.29, 0.717) is 11.5 Å². The highest BCUT2D eigenvalue weighted by Crippen LogP contribution is 2.45. The molecule has 3 rings (SSSR count). The van der Waals surface area contributed by atoms with E-state index in [2.05, 4.69) is 52.0 Å². The molecule has 1 fully saturated rings. The third-order valence-corrected chi connectivity index (χ3v) is 6.06. The first-order valence-corrected chi connectivity index (χ1v) is 8.27. The normalized spacial score (nSPS) is 25.4. The van der Waals surface area contributed by atoms with Crippen molar-refractivity contribution in [3.05, 3.63) is 29.8 Å². The zero-order chi connectivity index (χ0) is 12.6. The van der Waals surface area contributed by atoms with Gasteiger partial charge in [0.15, 0.2) is 0 Å². The monoisotopic (exact) mass is 307 g/mol. The molecule has 0 radical (unpaired) electrons. The van der Waals surface area contributed by atoms with E-state index in [0.717, 1.165) is 5.33 Å². The highest BCUT2D eigenvalue weighted by Gasteiger charge is 2.39. The van der Waals surface area contributed by atoms with Crippen LogP contribution in [0.1, 0.15) is 38.2 Å². The number of halogens is 1. The zero-order valence-corrected chi connectivity index (χ0v) is 12.7. The van der Waals surface area contributed by atoms with Gasteiger partial charge in [0, 0.05) is 23.6 Å². The quantitative estimate of drug-likeness (QED) is 0.748. The highest BCUT2D eigenvalue weighted by atomic mass is 79.9. The van der Waals surface area contributed by atoms with Crippen LogP contribution in [0.15, 0.2) is 24.3 Å². The Hall–Kier alpha value is -0.500. The van der Waals surface area contributed by atoms with Crippen molar-refractivity contribution in [2.45, 2.75) is 45.1 Å². The van der Waals surface area contributed by atoms with Crippen molar-refractivity contribution < 1.29 is 0 Å². The summed E-state index contributed by atoms with van der Waals surface area (Å²) in [6, 6.07) is 9.67. The first kappa shape index (κ1) is 12.5. The molecule has 1 aromatic carbocycles. The average Bonchev–Trinajstić information content (AvgIpc) is 2.36. The van der Waals surface area contributed by atoms with E-state index in [1.54, 1.807) is 5.56 Å². The predicted molar refractivity (Wildman–Crippen MR) is 81.6 cm³/mol. The molecular formula is C16H22BrN. The standard InChI is InChI=1S/C16H22BrN/c1-13-7-8-14-5-2-3-6-15(14)18(13)12-16(11-17)9-4-10-16/h2-3,5-6,13H,4,7-12H2,1H3. The molecule has 0 N–H and O–H groups in total. The topological polar surface area (TPSA) is 3.24 Å². The van der Waals surface area contributed by atoms with Gasteiger partial charge >= 0.3 is 0 Å². The molecule has 2 heteroatoms. The Kier molecular flexibility index (Phi) is 3.40. The summed E-state index contributed by atoms with van der Waals surface area (Å²) in [7, 11) is 0. The van der Waals surface area contributed by atoms with Crippen LogP contribution in [0.2, 0.25) is 0 Å². The van der Waals surface area contributed by atoms with E-state index in [1.165, 1.54) is 44.3 Å². The Labute approximate surface area is 119 Å². The van der Waals surface area contributed by atoms with Crippen LogP contribution in [0, 0.1) is 5.41 Å². The lowest BCUT2D eigenvalue weighted by Crippen LogP contribution is -2.48. The van der Waals surface area contributed by atoms with Gasteiger partial charge < -0.3 is 4.90 Å². The van der Waals surface area contributed by atoms with Gasteiger partial charge in [0.25, 0.3) is 0 Å². The summed E-state index contributed by atoms with van der Waals surface area (Å²) in [6.45, 7) is 3.62. The maximum atomic E-state index is 3.74. The van der Waals surface area contributed by atoms with E-state index < -0.39 is 0 Å². The summed E-state index contributed by atoms with van der Waals surface area (Å²) >= 11 is 3.74. The summed E-state index contributed by atoms with van der Waals surface area (Å²) in [5.41, 5.74) is 3.57. The SMILES string of the molecule is CC1CCc2ccccc2N1CC1(CBr)CCC1. The van der Waals surface area contributed by atoms with Crippen molar-refractivity contribution in [3.8, 4) is 0 Å². The number of nitrogens with zero attached hydrogens (tertiary/aromatic N) is 1. The maximum Gasteiger partial charge on any atom is 0.0401 e. The molecule has 1 nitrogen and oxygen atoms in total. The Morgan fingerprint density at radius 3 is 2.78 bits per heavy atom. The molecule has 2 aliphatic rings. The van der Waals surface area contributed by atoms with E-state index in [1.807, 2.05) is 0 Å². The van der Waals surface area contributed by atoms with Crippen molar-refractivity contribution in [1.82, 2.24) is 0 Å². The molecule has 0 spiro atoms. The van der Waals surface area contributed by atoms with Gasteiger partial charge in [-0.15, -0.1) is 0 Å². The highest BCUT2D eigenvalue weighted by molar-refractivity contribution is 9.09. The lowest BCUT2D eigenvalue weighted by molar-refractivity contribution is 0.172. The van der Waals surface area contributed by atoms with E-state index in [-0.39, 0.29) is 0 Å². The van der Waals surface area contributed by atoms with Gasteiger partial charge in [0.05, 0.1) is 0 Å². The van der Waals surface area contributed by atoms with E-state index >= 15 is 0 Å². The number of rotatable bonds is 3. The smallest absolute Gasteiger partial charge is 0.0401 e. The second-order valence-corrected chi connectivity index (χ2v) is 6.69. The molecule has 0 amide bonds. The van der Waals surface area contributed by atoms with Crippen LogP contribution in [0.25, 0.3) is 0 Å². The Morgan fingerprint density at radius 2 is 2.11 bits per heavy atom. The van der Waals surface area contributed by atoms with Gasteiger partial charge in [0.2, 0.25) is 0 Å². The fourth-order valence-corrected chi connectivity index (χ4v) is 4.11. The predicted octanol–water partition coefficient (Wildman–Crippen LogP) is 4.39. The Bertz CT molecular complexity index is 419. The summed E-state index contributed by atoms with van der Waals surface area (Å²) in [6.07, 6.45) is 6.74. The van der Waals surface area contributed by atoms with Gasteiger partial charge in [-0.3, -0.25) is 0 Å². The fraction of sp³-hybridized carbons (Fsp3) is 0.625. The third-order valence-electron chi connectivity index (χ3n) is 4.87. The fourth-order valence-electron chi connectivity index (χ4n) is 3.37. The van der Waals surface area contributed by atoms with Crippen LogP contribution in [0.3, 0.4) is 0 Å². The molecule has 0 aromatic heterocycles. The molecular weight excluding hydrogens is 286 g/mol. The first-order valence-electron chi connectivity index (χ1n) is 7.15. The molecule has 1 aliphatic carbocycles. The first-order chi connectivity index (χ1) is 8.74. The number of hydrogen-bond acceptors (Lipinski definition) is 1. The van der Waals surface area contributed by atoms with E-state index in [9.17, 15) is 0 Å². The largest absolute Gasteiger partial charge is 0.368 e. The van der Waals surface area contributed by atoms with Crippen molar-refractivity contribution in [2.24, 2.45) is 5.41 Å². The molecule has 1 aliphatic heterocycles. The van der Waals surface area contributed by atoms with Gasteiger partial charge in [-0.05, 0) is 49.7 Å². The summed E-state index contributed by atoms with van der Waals surface area (Å²) in [4.78, 5) is 2.67. The second kappa shape index (κ2) is 4.88. The van der Waals surface area contributed by atoms with Gasteiger partial charge in [-0.25, -0.2) is 0 Å². The van der Waals surface area contributed by atoms with Crippen LogP contribution in [0.5, 0.6) is 0 Å². The Balaban J connectivity index is 1.86. The summed E-state index contributed by atoms with van der Waals surface area (Å²) in [5.74, 6) is 0. The third kappa shape index (κ3) is 2.09. The number of para-hydroxylation sites is 1. The zero-order valence-electron chi connectivity index (χ0n) is 11.2. The lowest BCUT2D eigenvalue weighted by Gasteiger charge is -2.48. The number of hydrogen-bond donors (Lipinski definition) is 0. The number of alkyl halides is 1. The molecule has 1 atom stereocenters. The minimum Gasteiger partial charge on any atom is -0.368 e. The van der Waals surface area contributed by atoms with Crippen molar-refractivity contribution in [3.63, 3.8) is 0 Å². The molecule has 1 unspecified atom stereocenters. The van der Waals surface area contributed by atoms with Gasteiger partial charge in [-0.2, -0.15) is 0 Å². The number of aryl methyl sites for hydroxylation is 1. The molecule has 1 aromatic rings. The molecule has 0 bridgehead atoms. The van der Waals surface area contributed by atoms with Crippen molar-refractivity contribution >= 4 is 21.6 Å². The van der Waals surface area contributed by atoms with Crippen LogP contribution >= 0.6 is 15.9 Å². The summed E-state index contributed by atoms with van der Waals surface area (Å²) < 4.78 is 0. The Morgan fingerprint density at radius 1 is 1.33 bits per heavy atom. The molecule has 1 heterocycles. The number of fused-ring (bicyclic) bond motifs is 1. The molecule has 0 saturated heterocycles. The molecule has 1 saturated carbocycles. The van der Waals surface area contributed by atoms with Crippen LogP contribution in [-0.4, -0.2) is 17.9 Å². The summed E-state index contributed by atoms with van der Waals surface area (Å²) in [5, 5.41) is 1.16. The number of benzene rings is 1. The van der Waals surface area contributed by atoms with Crippen LogP contribution in [-0.2, 0) is 6.42 Å². The lowest BCUT2D eigenvalue weighted by atomic mass is 9.69. The molecule has 98 valence electrons. The van der Waals surface area contributed by atoms with Crippen LogP contribution < -0.4 is 4.90 Å². The van der Waals surface area contributed by atoms with Crippen LogP contribution in [0.4, 0.5) is 5.69 Å². The molecule has 18 heavy (non-hydrogen) atoms. The van der Waals surface area contributed by atoms with Crippen molar-refractivity contribution in [2.75, 3.05) is 16.8 Å². The minimum atomic E-state index is 0.540. The van der Waals surface area contributed by atoms with Crippen molar-refractivity contribution in [1.29, 1.82) is 0 Å². The number of anilines is 1. The van der Waals surface area contributed by atoms with Gasteiger partial charge in [-0.1, -0.05) is 40.5 Å². The minimum absolute atomic E-state index is 0.540. The van der Waals surface area contributed by atoms with Gasteiger partial charge in [0.1, 0.15) is 0 Å².